The molecule has 0 saturated heterocycles. The lowest BCUT2D eigenvalue weighted by Gasteiger charge is -2.07. The molecular weight excluding hydrogens is 158 g/mol. The minimum Gasteiger partial charge on any atom is -0.396 e. The first-order chi connectivity index (χ1) is 5.31. The molecule has 0 aromatic rings. The van der Waals surface area contributed by atoms with E-state index in [1.807, 2.05) is 0 Å². The third-order valence-electron chi connectivity index (χ3n) is 1.64. The molecule has 0 bridgehead atoms. The number of thiol groups is 1. The topological polar surface area (TPSA) is 32.3 Å². The fourth-order valence-corrected chi connectivity index (χ4v) is 0.931. The molecule has 0 spiro atoms. The number of aliphatic hydroxyl groups excluding tert-OH is 1. The summed E-state index contributed by atoms with van der Waals surface area (Å²) in [6, 6.07) is 0. The van der Waals surface area contributed by atoms with E-state index in [0.717, 1.165) is 32.4 Å². The average molecular weight is 177 g/mol. The van der Waals surface area contributed by atoms with Gasteiger partial charge in [-0.15, -0.1) is 0 Å². The second-order valence-corrected chi connectivity index (χ2v) is 3.41. The summed E-state index contributed by atoms with van der Waals surface area (Å²) in [5.74, 6) is 0. The van der Waals surface area contributed by atoms with Gasteiger partial charge in [-0.2, -0.15) is 12.6 Å². The number of nitrogens with one attached hydrogen (secondary N) is 1. The first kappa shape index (κ1) is 11.3. The van der Waals surface area contributed by atoms with Gasteiger partial charge in [0, 0.05) is 11.9 Å². The van der Waals surface area contributed by atoms with Crippen LogP contribution < -0.4 is 5.32 Å². The maximum atomic E-state index is 8.47. The quantitative estimate of drug-likeness (QED) is 0.401. The predicted molar refractivity (Wildman–Crippen MR) is 52.3 cm³/mol. The van der Waals surface area contributed by atoms with E-state index >= 15 is 0 Å². The SMILES string of the molecule is CC[C@H](S)CCNCCCO. The third kappa shape index (κ3) is 8.17. The largest absolute Gasteiger partial charge is 0.396 e. The molecule has 0 unspecified atom stereocenters. The van der Waals surface area contributed by atoms with Crippen LogP contribution in [0.25, 0.3) is 0 Å². The Morgan fingerprint density at radius 2 is 2.18 bits per heavy atom. The normalized spacial score (nSPS) is 13.4. The number of hydrogen-bond acceptors (Lipinski definition) is 3. The summed E-state index contributed by atoms with van der Waals surface area (Å²) in [5.41, 5.74) is 0. The average Bonchev–Trinajstić information content (AvgIpc) is 2.04. The highest BCUT2D eigenvalue weighted by molar-refractivity contribution is 7.80. The van der Waals surface area contributed by atoms with Crippen LogP contribution in [-0.2, 0) is 0 Å². The Morgan fingerprint density at radius 1 is 1.45 bits per heavy atom. The van der Waals surface area contributed by atoms with Crippen LogP contribution in [0.1, 0.15) is 26.2 Å². The molecule has 0 amide bonds. The third-order valence-corrected chi connectivity index (χ3v) is 2.26. The molecule has 0 aromatic heterocycles. The van der Waals surface area contributed by atoms with Gasteiger partial charge in [0.25, 0.3) is 0 Å². The smallest absolute Gasteiger partial charge is 0.0443 e. The first-order valence-electron chi connectivity index (χ1n) is 4.31. The fraction of sp³-hybridized carbons (Fsp3) is 1.00. The van der Waals surface area contributed by atoms with Crippen LogP contribution in [0, 0.1) is 0 Å². The summed E-state index contributed by atoms with van der Waals surface area (Å²) >= 11 is 4.37. The van der Waals surface area contributed by atoms with E-state index in [0.29, 0.717) is 5.25 Å². The van der Waals surface area contributed by atoms with E-state index in [-0.39, 0.29) is 6.61 Å². The van der Waals surface area contributed by atoms with Gasteiger partial charge >= 0.3 is 0 Å². The highest BCUT2D eigenvalue weighted by Gasteiger charge is 1.97. The zero-order valence-electron chi connectivity index (χ0n) is 7.21. The zero-order chi connectivity index (χ0) is 8.53. The summed E-state index contributed by atoms with van der Waals surface area (Å²) in [6.45, 7) is 4.36. The summed E-state index contributed by atoms with van der Waals surface area (Å²) in [7, 11) is 0. The van der Waals surface area contributed by atoms with E-state index < -0.39 is 0 Å². The van der Waals surface area contributed by atoms with E-state index in [2.05, 4.69) is 24.9 Å². The van der Waals surface area contributed by atoms with E-state index in [1.165, 1.54) is 0 Å². The highest BCUT2D eigenvalue weighted by atomic mass is 32.1. The fourth-order valence-electron chi connectivity index (χ4n) is 0.802. The Kier molecular flexibility index (Phi) is 8.57. The van der Waals surface area contributed by atoms with Gasteiger partial charge in [-0.25, -0.2) is 0 Å². The van der Waals surface area contributed by atoms with Crippen molar-refractivity contribution in [1.82, 2.24) is 5.32 Å². The molecule has 68 valence electrons. The summed E-state index contributed by atoms with van der Waals surface area (Å²) in [4.78, 5) is 0. The van der Waals surface area contributed by atoms with Crippen LogP contribution in [0.4, 0.5) is 0 Å². The van der Waals surface area contributed by atoms with Gasteiger partial charge < -0.3 is 10.4 Å². The summed E-state index contributed by atoms with van der Waals surface area (Å²) in [5, 5.41) is 12.2. The van der Waals surface area contributed by atoms with Crippen LogP contribution in [0.15, 0.2) is 0 Å². The Morgan fingerprint density at radius 3 is 2.73 bits per heavy atom. The molecule has 0 saturated carbocycles. The van der Waals surface area contributed by atoms with Crippen molar-refractivity contribution in [3.8, 4) is 0 Å². The number of hydrogen-bond donors (Lipinski definition) is 3. The molecule has 0 aliphatic rings. The molecule has 3 heteroatoms. The Hall–Kier alpha value is 0.270. The summed E-state index contributed by atoms with van der Waals surface area (Å²) in [6.07, 6.45) is 3.10. The van der Waals surface area contributed by atoms with Gasteiger partial charge in [-0.05, 0) is 32.4 Å². The molecule has 0 heterocycles. The second-order valence-electron chi connectivity index (χ2n) is 2.68. The van der Waals surface area contributed by atoms with Crippen molar-refractivity contribution in [3.63, 3.8) is 0 Å². The first-order valence-corrected chi connectivity index (χ1v) is 4.82. The Balaban J connectivity index is 2.89. The van der Waals surface area contributed by atoms with Crippen LogP contribution in [0.5, 0.6) is 0 Å². The van der Waals surface area contributed by atoms with Crippen molar-refractivity contribution < 1.29 is 5.11 Å². The minimum atomic E-state index is 0.283. The van der Waals surface area contributed by atoms with E-state index in [4.69, 9.17) is 5.11 Å². The minimum absolute atomic E-state index is 0.283. The molecule has 0 radical (unpaired) electrons. The molecule has 1 atom stereocenters. The van der Waals surface area contributed by atoms with Gasteiger partial charge in [0.1, 0.15) is 0 Å². The molecule has 2 N–H and O–H groups in total. The maximum Gasteiger partial charge on any atom is 0.0443 e. The number of aliphatic hydroxyl groups is 1. The predicted octanol–water partition coefficient (Wildman–Crippen LogP) is 1.06. The molecule has 0 rings (SSSR count). The Labute approximate surface area is 74.8 Å². The van der Waals surface area contributed by atoms with Crippen LogP contribution >= 0.6 is 12.6 Å². The molecule has 0 aromatic carbocycles. The lowest BCUT2D eigenvalue weighted by molar-refractivity contribution is 0.286. The maximum absolute atomic E-state index is 8.47. The molecule has 11 heavy (non-hydrogen) atoms. The molecule has 0 fully saturated rings. The van der Waals surface area contributed by atoms with Gasteiger partial charge in [-0.3, -0.25) is 0 Å². The molecular formula is C8H19NOS. The molecule has 2 nitrogen and oxygen atoms in total. The van der Waals surface area contributed by atoms with Gasteiger partial charge in [0.15, 0.2) is 0 Å². The van der Waals surface area contributed by atoms with Crippen molar-refractivity contribution in [2.24, 2.45) is 0 Å². The highest BCUT2D eigenvalue weighted by Crippen LogP contribution is 2.03. The second kappa shape index (κ2) is 8.37. The van der Waals surface area contributed by atoms with Crippen molar-refractivity contribution in [1.29, 1.82) is 0 Å². The lowest BCUT2D eigenvalue weighted by atomic mass is 10.2. The van der Waals surface area contributed by atoms with Gasteiger partial charge in [-0.1, -0.05) is 6.92 Å². The van der Waals surface area contributed by atoms with Crippen LogP contribution in [0.3, 0.4) is 0 Å². The van der Waals surface area contributed by atoms with Crippen molar-refractivity contribution in [2.75, 3.05) is 19.7 Å². The van der Waals surface area contributed by atoms with Crippen LogP contribution in [-0.4, -0.2) is 30.1 Å². The molecule has 0 aliphatic carbocycles. The van der Waals surface area contributed by atoms with Crippen molar-refractivity contribution in [3.05, 3.63) is 0 Å². The van der Waals surface area contributed by atoms with E-state index in [1.54, 1.807) is 0 Å². The van der Waals surface area contributed by atoms with Gasteiger partial charge in [0.2, 0.25) is 0 Å². The van der Waals surface area contributed by atoms with E-state index in [9.17, 15) is 0 Å². The lowest BCUT2D eigenvalue weighted by Crippen LogP contribution is -2.20. The standard InChI is InChI=1S/C8H19NOS/c1-2-8(11)4-6-9-5-3-7-10/h8-11H,2-7H2,1H3/t8-/m0/s1. The number of rotatable bonds is 7. The monoisotopic (exact) mass is 177 g/mol. The summed E-state index contributed by atoms with van der Waals surface area (Å²) < 4.78 is 0. The van der Waals surface area contributed by atoms with Crippen molar-refractivity contribution >= 4 is 12.6 Å². The Bertz CT molecular complexity index is 80.5. The van der Waals surface area contributed by atoms with Gasteiger partial charge in [0.05, 0.1) is 0 Å². The van der Waals surface area contributed by atoms with Crippen molar-refractivity contribution in [2.45, 2.75) is 31.4 Å². The molecule has 0 aliphatic heterocycles. The zero-order valence-corrected chi connectivity index (χ0v) is 8.11. The van der Waals surface area contributed by atoms with Crippen LogP contribution in [0.2, 0.25) is 0 Å².